The van der Waals surface area contributed by atoms with Crippen LogP contribution in [-0.4, -0.2) is 36.6 Å². The van der Waals surface area contributed by atoms with Crippen LogP contribution in [0.2, 0.25) is 0 Å². The zero-order valence-corrected chi connectivity index (χ0v) is 16.3. The van der Waals surface area contributed by atoms with E-state index in [1.807, 2.05) is 30.3 Å². The van der Waals surface area contributed by atoms with E-state index in [0.29, 0.717) is 0 Å². The van der Waals surface area contributed by atoms with E-state index in [1.54, 1.807) is 18.2 Å². The lowest BCUT2D eigenvalue weighted by Gasteiger charge is -2.26. The SMILES string of the molecule is C#CCN([C@@H](CBr)C(=O)OCc1ccccc1)S(=O)(=O)c1ccccc1. The third-order valence-electron chi connectivity index (χ3n) is 3.59. The second-order valence-corrected chi connectivity index (χ2v) is 7.87. The molecular formula is C19H18BrNO4S. The van der Waals surface area contributed by atoms with Gasteiger partial charge in [0.05, 0.1) is 11.4 Å². The average molecular weight is 436 g/mol. The quantitative estimate of drug-likeness (QED) is 0.363. The molecule has 0 aliphatic heterocycles. The first kappa shape index (κ1) is 20.2. The van der Waals surface area contributed by atoms with Gasteiger partial charge in [0, 0.05) is 5.33 Å². The van der Waals surface area contributed by atoms with Gasteiger partial charge in [0.15, 0.2) is 0 Å². The Kier molecular flexibility index (Phi) is 7.39. The third kappa shape index (κ3) is 4.94. The maximum absolute atomic E-state index is 12.9. The smallest absolute Gasteiger partial charge is 0.325 e. The average Bonchev–Trinajstić information content (AvgIpc) is 2.67. The van der Waals surface area contributed by atoms with E-state index in [0.717, 1.165) is 9.87 Å². The number of esters is 1. The summed E-state index contributed by atoms with van der Waals surface area (Å²) in [6, 6.07) is 15.9. The summed E-state index contributed by atoms with van der Waals surface area (Å²) in [6.45, 7) is -0.188. The Bertz CT molecular complexity index is 863. The summed E-state index contributed by atoms with van der Waals surface area (Å²) in [4.78, 5) is 12.6. The van der Waals surface area contributed by atoms with E-state index in [1.165, 1.54) is 12.1 Å². The van der Waals surface area contributed by atoms with Crippen molar-refractivity contribution in [2.24, 2.45) is 0 Å². The van der Waals surface area contributed by atoms with Gasteiger partial charge in [-0.2, -0.15) is 4.31 Å². The summed E-state index contributed by atoms with van der Waals surface area (Å²) in [5, 5.41) is 0.0639. The number of rotatable bonds is 8. The largest absolute Gasteiger partial charge is 0.460 e. The normalized spacial score (nSPS) is 12.3. The third-order valence-corrected chi connectivity index (χ3v) is 6.07. The van der Waals surface area contributed by atoms with Crippen LogP contribution < -0.4 is 0 Å². The van der Waals surface area contributed by atoms with E-state index < -0.39 is 22.0 Å². The first-order chi connectivity index (χ1) is 12.5. The molecule has 0 heterocycles. The Balaban J connectivity index is 2.22. The molecule has 0 saturated carbocycles. The molecule has 0 aliphatic rings. The summed E-state index contributed by atoms with van der Waals surface area (Å²) in [5.74, 6) is 1.64. The number of carbonyl (C=O) groups is 1. The lowest BCUT2D eigenvalue weighted by Crippen LogP contribution is -2.47. The number of halogens is 1. The molecule has 0 amide bonds. The fourth-order valence-electron chi connectivity index (χ4n) is 2.26. The molecule has 0 aliphatic carbocycles. The maximum Gasteiger partial charge on any atom is 0.325 e. The molecule has 0 spiro atoms. The van der Waals surface area contributed by atoms with Crippen LogP contribution in [0, 0.1) is 12.3 Å². The molecule has 5 nitrogen and oxygen atoms in total. The van der Waals surface area contributed by atoms with Gasteiger partial charge in [-0.3, -0.25) is 4.79 Å². The summed E-state index contributed by atoms with van der Waals surface area (Å²) in [5.41, 5.74) is 0.809. The van der Waals surface area contributed by atoms with Gasteiger partial charge in [-0.25, -0.2) is 8.42 Å². The number of alkyl halides is 1. The zero-order valence-electron chi connectivity index (χ0n) is 13.9. The summed E-state index contributed by atoms with van der Waals surface area (Å²) >= 11 is 3.20. The Morgan fingerprint density at radius 1 is 1.12 bits per heavy atom. The van der Waals surface area contributed by atoms with Crippen molar-refractivity contribution in [1.29, 1.82) is 0 Å². The first-order valence-electron chi connectivity index (χ1n) is 7.77. The molecular weight excluding hydrogens is 418 g/mol. The second-order valence-electron chi connectivity index (χ2n) is 5.33. The fourth-order valence-corrected chi connectivity index (χ4v) is 4.58. The number of hydrogen-bond acceptors (Lipinski definition) is 4. The minimum atomic E-state index is -3.94. The predicted octanol–water partition coefficient (Wildman–Crippen LogP) is 2.82. The van der Waals surface area contributed by atoms with Crippen LogP contribution in [-0.2, 0) is 26.2 Å². The molecule has 1 atom stereocenters. The molecule has 7 heteroatoms. The highest BCUT2D eigenvalue weighted by molar-refractivity contribution is 9.09. The van der Waals surface area contributed by atoms with Crippen molar-refractivity contribution in [2.45, 2.75) is 17.5 Å². The zero-order chi connectivity index (χ0) is 19.0. The molecule has 0 aromatic heterocycles. The number of carbonyl (C=O) groups excluding carboxylic acids is 1. The molecule has 2 aromatic carbocycles. The van der Waals surface area contributed by atoms with Gasteiger partial charge >= 0.3 is 5.97 Å². The van der Waals surface area contributed by atoms with Crippen molar-refractivity contribution in [3.8, 4) is 12.3 Å². The van der Waals surface area contributed by atoms with E-state index >= 15 is 0 Å². The topological polar surface area (TPSA) is 63.7 Å². The number of sulfonamides is 1. The molecule has 136 valence electrons. The molecule has 2 aromatic rings. The number of terminal acetylenes is 1. The first-order valence-corrected chi connectivity index (χ1v) is 10.3. The summed E-state index contributed by atoms with van der Waals surface area (Å²) in [7, 11) is -3.94. The summed E-state index contributed by atoms with van der Waals surface area (Å²) < 4.78 is 32.1. The van der Waals surface area contributed by atoms with E-state index in [2.05, 4.69) is 21.9 Å². The molecule has 0 fully saturated rings. The van der Waals surface area contributed by atoms with Crippen molar-refractivity contribution in [1.82, 2.24) is 4.31 Å². The van der Waals surface area contributed by atoms with Crippen LogP contribution in [0.1, 0.15) is 5.56 Å². The highest BCUT2D eigenvalue weighted by Gasteiger charge is 2.35. The summed E-state index contributed by atoms with van der Waals surface area (Å²) in [6.07, 6.45) is 5.34. The Hall–Kier alpha value is -2.14. The second kappa shape index (κ2) is 9.53. The van der Waals surface area contributed by atoms with Crippen LogP contribution in [0.4, 0.5) is 0 Å². The lowest BCUT2D eigenvalue weighted by atomic mass is 10.2. The van der Waals surface area contributed by atoms with Gasteiger partial charge < -0.3 is 4.74 Å². The number of benzene rings is 2. The van der Waals surface area contributed by atoms with Gasteiger partial charge in [-0.05, 0) is 17.7 Å². The molecule has 0 bridgehead atoms. The minimum absolute atomic E-state index is 0.0540. The Labute approximate surface area is 162 Å². The van der Waals surface area contributed by atoms with Gasteiger partial charge in [-0.15, -0.1) is 6.42 Å². The van der Waals surface area contributed by atoms with Gasteiger partial charge in [-0.1, -0.05) is 70.4 Å². The molecule has 0 saturated heterocycles. The van der Waals surface area contributed by atoms with Crippen molar-refractivity contribution >= 4 is 31.9 Å². The van der Waals surface area contributed by atoms with Crippen LogP contribution in [0.25, 0.3) is 0 Å². The number of nitrogens with zero attached hydrogens (tertiary/aromatic N) is 1. The number of ether oxygens (including phenoxy) is 1. The number of hydrogen-bond donors (Lipinski definition) is 0. The molecule has 0 radical (unpaired) electrons. The van der Waals surface area contributed by atoms with E-state index in [9.17, 15) is 13.2 Å². The van der Waals surface area contributed by atoms with Gasteiger partial charge in [0.2, 0.25) is 10.0 Å². The van der Waals surface area contributed by atoms with E-state index in [4.69, 9.17) is 11.2 Å². The Morgan fingerprint density at radius 3 is 2.23 bits per heavy atom. The monoisotopic (exact) mass is 435 g/mol. The predicted molar refractivity (Wildman–Crippen MR) is 103 cm³/mol. The molecule has 26 heavy (non-hydrogen) atoms. The van der Waals surface area contributed by atoms with Crippen LogP contribution in [0.5, 0.6) is 0 Å². The van der Waals surface area contributed by atoms with Crippen LogP contribution in [0.3, 0.4) is 0 Å². The molecule has 0 N–H and O–H groups in total. The Morgan fingerprint density at radius 2 is 1.69 bits per heavy atom. The van der Waals surface area contributed by atoms with Crippen molar-refractivity contribution in [3.05, 3.63) is 66.2 Å². The highest BCUT2D eigenvalue weighted by atomic mass is 79.9. The minimum Gasteiger partial charge on any atom is -0.460 e. The van der Waals surface area contributed by atoms with Crippen molar-refractivity contribution < 1.29 is 17.9 Å². The maximum atomic E-state index is 12.9. The van der Waals surface area contributed by atoms with Crippen LogP contribution in [0.15, 0.2) is 65.6 Å². The van der Waals surface area contributed by atoms with E-state index in [-0.39, 0.29) is 23.4 Å². The van der Waals surface area contributed by atoms with Crippen LogP contribution >= 0.6 is 15.9 Å². The molecule has 2 rings (SSSR count). The molecule has 0 unspecified atom stereocenters. The van der Waals surface area contributed by atoms with Gasteiger partial charge in [0.1, 0.15) is 12.6 Å². The standard InChI is InChI=1S/C19H18BrNO4S/c1-2-13-21(26(23,24)17-11-7-4-8-12-17)18(14-20)19(22)25-15-16-9-5-3-6-10-16/h1,3-12,18H,13-15H2/t18-/m0/s1. The lowest BCUT2D eigenvalue weighted by molar-refractivity contribution is -0.148. The van der Waals surface area contributed by atoms with Crippen molar-refractivity contribution in [2.75, 3.05) is 11.9 Å². The van der Waals surface area contributed by atoms with Crippen molar-refractivity contribution in [3.63, 3.8) is 0 Å². The fraction of sp³-hybridized carbons (Fsp3) is 0.211. The highest BCUT2D eigenvalue weighted by Crippen LogP contribution is 2.20. The van der Waals surface area contributed by atoms with Gasteiger partial charge in [0.25, 0.3) is 0 Å².